The number of hydrogen-bond acceptors (Lipinski definition) is 4. The van der Waals surface area contributed by atoms with Gasteiger partial charge < -0.3 is 15.1 Å². The molecule has 0 atom stereocenters. The molecule has 1 aromatic carbocycles. The molecule has 2 amide bonds. The van der Waals surface area contributed by atoms with Crippen molar-refractivity contribution < 1.29 is 9.59 Å². The second-order valence-electron chi connectivity index (χ2n) is 6.80. The second kappa shape index (κ2) is 9.16. The minimum absolute atomic E-state index is 0.0294. The van der Waals surface area contributed by atoms with Crippen LogP contribution in [0.15, 0.2) is 48.8 Å². The summed E-state index contributed by atoms with van der Waals surface area (Å²) in [7, 11) is 0. The number of hydrogen-bond donors (Lipinski definition) is 1. The molecule has 1 aliphatic heterocycles. The molecule has 0 bridgehead atoms. The first-order valence-corrected chi connectivity index (χ1v) is 9.41. The molecule has 0 spiro atoms. The van der Waals surface area contributed by atoms with Gasteiger partial charge in [0.05, 0.1) is 0 Å². The SMILES string of the molecule is CC(=O)N1CCN(c2ccc(NC(=O)CCCc3cccnc3)cc2)CC1. The third kappa shape index (κ3) is 5.54. The van der Waals surface area contributed by atoms with Gasteiger partial charge in [0.2, 0.25) is 11.8 Å². The largest absolute Gasteiger partial charge is 0.368 e. The molecule has 1 N–H and O–H groups in total. The van der Waals surface area contributed by atoms with Crippen molar-refractivity contribution in [3.8, 4) is 0 Å². The number of aromatic nitrogens is 1. The smallest absolute Gasteiger partial charge is 0.224 e. The van der Waals surface area contributed by atoms with E-state index in [-0.39, 0.29) is 11.8 Å². The fourth-order valence-electron chi connectivity index (χ4n) is 3.26. The summed E-state index contributed by atoms with van der Waals surface area (Å²) in [5.41, 5.74) is 3.08. The number of piperazine rings is 1. The molecule has 1 aromatic heterocycles. The van der Waals surface area contributed by atoms with Crippen LogP contribution in [0.25, 0.3) is 0 Å². The third-order valence-electron chi connectivity index (χ3n) is 4.83. The maximum Gasteiger partial charge on any atom is 0.224 e. The van der Waals surface area contributed by atoms with Gasteiger partial charge in [-0.2, -0.15) is 0 Å². The average Bonchev–Trinajstić information content (AvgIpc) is 2.69. The number of carbonyl (C=O) groups is 2. The van der Waals surface area contributed by atoms with E-state index in [1.165, 1.54) is 0 Å². The van der Waals surface area contributed by atoms with E-state index in [0.717, 1.165) is 56.0 Å². The number of nitrogens with zero attached hydrogens (tertiary/aromatic N) is 3. The van der Waals surface area contributed by atoms with E-state index in [0.29, 0.717) is 6.42 Å². The zero-order valence-corrected chi connectivity index (χ0v) is 15.7. The van der Waals surface area contributed by atoms with E-state index in [9.17, 15) is 9.59 Å². The number of carbonyl (C=O) groups excluding carboxylic acids is 2. The lowest BCUT2D eigenvalue weighted by molar-refractivity contribution is -0.129. The van der Waals surface area contributed by atoms with Crippen LogP contribution in [0.2, 0.25) is 0 Å². The van der Waals surface area contributed by atoms with Gasteiger partial charge in [-0.05, 0) is 48.7 Å². The molecule has 6 nitrogen and oxygen atoms in total. The minimum Gasteiger partial charge on any atom is -0.368 e. The molecule has 142 valence electrons. The van der Waals surface area contributed by atoms with Crippen LogP contribution < -0.4 is 10.2 Å². The number of nitrogens with one attached hydrogen (secondary N) is 1. The van der Waals surface area contributed by atoms with Crippen LogP contribution in [0.1, 0.15) is 25.3 Å². The molecule has 0 aliphatic carbocycles. The summed E-state index contributed by atoms with van der Waals surface area (Å²) in [6.45, 7) is 4.79. The van der Waals surface area contributed by atoms with Crippen molar-refractivity contribution in [2.24, 2.45) is 0 Å². The maximum absolute atomic E-state index is 12.1. The Labute approximate surface area is 160 Å². The molecule has 0 saturated carbocycles. The van der Waals surface area contributed by atoms with Gasteiger partial charge in [-0.1, -0.05) is 6.07 Å². The molecule has 3 rings (SSSR count). The van der Waals surface area contributed by atoms with Crippen molar-refractivity contribution in [2.45, 2.75) is 26.2 Å². The van der Waals surface area contributed by atoms with Crippen molar-refractivity contribution in [1.82, 2.24) is 9.88 Å². The number of amides is 2. The summed E-state index contributed by atoms with van der Waals surface area (Å²) in [6, 6.07) is 11.9. The van der Waals surface area contributed by atoms with E-state index in [4.69, 9.17) is 0 Å². The molecule has 1 fully saturated rings. The van der Waals surface area contributed by atoms with Crippen LogP contribution >= 0.6 is 0 Å². The predicted octanol–water partition coefficient (Wildman–Crippen LogP) is 2.71. The number of rotatable bonds is 6. The van der Waals surface area contributed by atoms with E-state index < -0.39 is 0 Å². The van der Waals surface area contributed by atoms with Gasteiger partial charge in [-0.3, -0.25) is 14.6 Å². The molecule has 2 heterocycles. The Bertz CT molecular complexity index is 754. The van der Waals surface area contributed by atoms with Crippen LogP contribution in [0.5, 0.6) is 0 Å². The fourth-order valence-corrected chi connectivity index (χ4v) is 3.26. The summed E-state index contributed by atoms with van der Waals surface area (Å²) >= 11 is 0. The van der Waals surface area contributed by atoms with Crippen molar-refractivity contribution in [1.29, 1.82) is 0 Å². The van der Waals surface area contributed by atoms with Crippen molar-refractivity contribution >= 4 is 23.2 Å². The first-order valence-electron chi connectivity index (χ1n) is 9.41. The van der Waals surface area contributed by atoms with Gasteiger partial charge in [-0.15, -0.1) is 0 Å². The normalized spacial score (nSPS) is 14.1. The summed E-state index contributed by atoms with van der Waals surface area (Å²) < 4.78 is 0. The van der Waals surface area contributed by atoms with E-state index in [1.807, 2.05) is 47.5 Å². The zero-order chi connectivity index (χ0) is 19.1. The molecule has 27 heavy (non-hydrogen) atoms. The van der Waals surface area contributed by atoms with Crippen molar-refractivity contribution in [3.63, 3.8) is 0 Å². The van der Waals surface area contributed by atoms with Gasteiger partial charge in [0.25, 0.3) is 0 Å². The van der Waals surface area contributed by atoms with Crippen LogP contribution in [-0.2, 0) is 16.0 Å². The Balaban J connectivity index is 1.43. The van der Waals surface area contributed by atoms with Crippen molar-refractivity contribution in [3.05, 3.63) is 54.4 Å². The van der Waals surface area contributed by atoms with Gasteiger partial charge in [-0.25, -0.2) is 0 Å². The molecule has 1 aliphatic rings. The third-order valence-corrected chi connectivity index (χ3v) is 4.83. The first-order chi connectivity index (χ1) is 13.1. The number of pyridine rings is 1. The van der Waals surface area contributed by atoms with Crippen LogP contribution in [0.4, 0.5) is 11.4 Å². The highest BCUT2D eigenvalue weighted by Crippen LogP contribution is 2.20. The molecular formula is C21H26N4O2. The van der Waals surface area contributed by atoms with E-state index in [2.05, 4.69) is 15.2 Å². The molecule has 2 aromatic rings. The second-order valence-corrected chi connectivity index (χ2v) is 6.80. The highest BCUT2D eigenvalue weighted by Gasteiger charge is 2.18. The summed E-state index contributed by atoms with van der Waals surface area (Å²) in [6.07, 6.45) is 5.74. The summed E-state index contributed by atoms with van der Waals surface area (Å²) in [4.78, 5) is 31.7. The van der Waals surface area contributed by atoms with Crippen LogP contribution in [0, 0.1) is 0 Å². The van der Waals surface area contributed by atoms with Gasteiger partial charge in [0.1, 0.15) is 0 Å². The molecule has 0 unspecified atom stereocenters. The van der Waals surface area contributed by atoms with E-state index in [1.54, 1.807) is 13.1 Å². The maximum atomic E-state index is 12.1. The Kier molecular flexibility index (Phi) is 6.41. The monoisotopic (exact) mass is 366 g/mol. The Morgan fingerprint density at radius 2 is 1.81 bits per heavy atom. The average molecular weight is 366 g/mol. The number of anilines is 2. The van der Waals surface area contributed by atoms with Crippen LogP contribution in [-0.4, -0.2) is 47.9 Å². The standard InChI is InChI=1S/C21H26N4O2/c1-17(26)24-12-14-25(15-13-24)20-9-7-19(8-10-20)23-21(27)6-2-4-18-5-3-11-22-16-18/h3,5,7-11,16H,2,4,6,12-15H2,1H3,(H,23,27). The zero-order valence-electron chi connectivity index (χ0n) is 15.7. The number of aryl methyl sites for hydroxylation is 1. The lowest BCUT2D eigenvalue weighted by atomic mass is 10.1. The van der Waals surface area contributed by atoms with Gasteiger partial charge in [0.15, 0.2) is 0 Å². The molecule has 0 radical (unpaired) electrons. The lowest BCUT2D eigenvalue weighted by Crippen LogP contribution is -2.48. The summed E-state index contributed by atoms with van der Waals surface area (Å²) in [5, 5.41) is 2.95. The quantitative estimate of drug-likeness (QED) is 0.854. The Hall–Kier alpha value is -2.89. The van der Waals surface area contributed by atoms with Crippen LogP contribution in [0.3, 0.4) is 0 Å². The molecular weight excluding hydrogens is 340 g/mol. The Morgan fingerprint density at radius 3 is 2.44 bits per heavy atom. The predicted molar refractivity (Wildman–Crippen MR) is 107 cm³/mol. The van der Waals surface area contributed by atoms with E-state index >= 15 is 0 Å². The fraction of sp³-hybridized carbons (Fsp3) is 0.381. The minimum atomic E-state index is 0.0294. The lowest BCUT2D eigenvalue weighted by Gasteiger charge is -2.35. The van der Waals surface area contributed by atoms with Gasteiger partial charge >= 0.3 is 0 Å². The number of benzene rings is 1. The topological polar surface area (TPSA) is 65.5 Å². The van der Waals surface area contributed by atoms with Gasteiger partial charge in [0, 0.05) is 63.3 Å². The van der Waals surface area contributed by atoms with Crippen molar-refractivity contribution in [2.75, 3.05) is 36.4 Å². The Morgan fingerprint density at radius 1 is 1.07 bits per heavy atom. The first kappa shape index (κ1) is 18.9. The highest BCUT2D eigenvalue weighted by atomic mass is 16.2. The molecule has 6 heteroatoms. The highest BCUT2D eigenvalue weighted by molar-refractivity contribution is 5.90. The summed E-state index contributed by atoms with van der Waals surface area (Å²) in [5.74, 6) is 0.165. The molecule has 1 saturated heterocycles.